The van der Waals surface area contributed by atoms with E-state index in [1.54, 1.807) is 6.08 Å². The fourth-order valence-corrected chi connectivity index (χ4v) is 3.92. The van der Waals surface area contributed by atoms with Crippen LogP contribution in [0.15, 0.2) is 54.6 Å². The first-order valence-corrected chi connectivity index (χ1v) is 12.5. The number of rotatable bonds is 16. The lowest BCUT2D eigenvalue weighted by atomic mass is 10.0. The van der Waals surface area contributed by atoms with Crippen LogP contribution < -0.4 is 10.5 Å². The van der Waals surface area contributed by atoms with Crippen LogP contribution in [0.2, 0.25) is 0 Å². The molecule has 0 aliphatic carbocycles. The lowest BCUT2D eigenvalue weighted by Crippen LogP contribution is -2.11. The van der Waals surface area contributed by atoms with Gasteiger partial charge >= 0.3 is 0 Å². The van der Waals surface area contributed by atoms with Crippen molar-refractivity contribution in [3.63, 3.8) is 0 Å². The number of hydrogen-bond donors (Lipinski definition) is 2. The van der Waals surface area contributed by atoms with E-state index in [9.17, 15) is 5.11 Å². The molecule has 2 aromatic carbocycles. The van der Waals surface area contributed by atoms with E-state index in [0.717, 1.165) is 29.7 Å². The standard InChI is InChI=1S/C29H43NO2/c1-3-4-5-6-7-8-9-10-11-12-14-25-17-20-27(21-18-25)32-29(31)16-13-15-26-19-22-28(30)24(2)23-26/h13,16-23,29,31H,3-12,14-15,30H2,1-2H3. The minimum absolute atomic E-state index is 0.692. The average molecular weight is 438 g/mol. The van der Waals surface area contributed by atoms with Crippen LogP contribution in [0.1, 0.15) is 87.8 Å². The zero-order valence-corrected chi connectivity index (χ0v) is 20.2. The quantitative estimate of drug-likeness (QED) is 0.123. The molecule has 32 heavy (non-hydrogen) atoms. The van der Waals surface area contributed by atoms with Gasteiger partial charge < -0.3 is 15.6 Å². The van der Waals surface area contributed by atoms with Crippen LogP contribution in [0.3, 0.4) is 0 Å². The fourth-order valence-electron chi connectivity index (χ4n) is 3.92. The van der Waals surface area contributed by atoms with Crippen LogP contribution in [0.25, 0.3) is 0 Å². The Morgan fingerprint density at radius 3 is 2.06 bits per heavy atom. The average Bonchev–Trinajstić information content (AvgIpc) is 2.78. The van der Waals surface area contributed by atoms with Crippen molar-refractivity contribution in [3.8, 4) is 5.75 Å². The van der Waals surface area contributed by atoms with Gasteiger partial charge in [0.05, 0.1) is 0 Å². The third kappa shape index (κ3) is 10.9. The summed E-state index contributed by atoms with van der Waals surface area (Å²) in [6, 6.07) is 14.1. The van der Waals surface area contributed by atoms with Gasteiger partial charge in [-0.1, -0.05) is 95.1 Å². The summed E-state index contributed by atoms with van der Waals surface area (Å²) in [6.45, 7) is 4.27. The second-order valence-corrected chi connectivity index (χ2v) is 8.91. The van der Waals surface area contributed by atoms with Gasteiger partial charge in [0.25, 0.3) is 0 Å². The molecule has 2 aromatic rings. The summed E-state index contributed by atoms with van der Waals surface area (Å²) < 4.78 is 5.60. The highest BCUT2D eigenvalue weighted by molar-refractivity contribution is 5.47. The summed E-state index contributed by atoms with van der Waals surface area (Å²) >= 11 is 0. The van der Waals surface area contributed by atoms with Crippen LogP contribution >= 0.6 is 0 Å². The Bertz CT molecular complexity index is 782. The number of anilines is 1. The Labute approximate surface area is 195 Å². The Hall–Kier alpha value is -2.26. The lowest BCUT2D eigenvalue weighted by Gasteiger charge is -2.10. The van der Waals surface area contributed by atoms with Crippen LogP contribution in [0, 0.1) is 6.92 Å². The number of nitrogens with two attached hydrogens (primary N) is 1. The highest BCUT2D eigenvalue weighted by atomic mass is 16.6. The molecule has 3 nitrogen and oxygen atoms in total. The Kier molecular flexibility index (Phi) is 12.6. The van der Waals surface area contributed by atoms with Gasteiger partial charge in [-0.15, -0.1) is 0 Å². The topological polar surface area (TPSA) is 55.5 Å². The number of nitrogen functional groups attached to an aromatic ring is 1. The van der Waals surface area contributed by atoms with Gasteiger partial charge in [-0.25, -0.2) is 0 Å². The molecule has 176 valence electrons. The van der Waals surface area contributed by atoms with Crippen molar-refractivity contribution in [2.75, 3.05) is 5.73 Å². The molecular weight excluding hydrogens is 394 g/mol. The molecule has 0 saturated heterocycles. The molecule has 0 amide bonds. The maximum atomic E-state index is 10.1. The summed E-state index contributed by atoms with van der Waals surface area (Å²) in [5.41, 5.74) is 10.2. The molecule has 3 heteroatoms. The van der Waals surface area contributed by atoms with Gasteiger partial charge in [0.1, 0.15) is 5.75 Å². The highest BCUT2D eigenvalue weighted by Gasteiger charge is 2.03. The molecule has 2 rings (SSSR count). The SMILES string of the molecule is CCCCCCCCCCCCc1ccc(OC(O)C=CCc2ccc(N)c(C)c2)cc1. The van der Waals surface area contributed by atoms with Gasteiger partial charge in [0, 0.05) is 5.69 Å². The van der Waals surface area contributed by atoms with E-state index >= 15 is 0 Å². The van der Waals surface area contributed by atoms with Crippen LogP contribution in [0.4, 0.5) is 5.69 Å². The highest BCUT2D eigenvalue weighted by Crippen LogP contribution is 2.17. The summed E-state index contributed by atoms with van der Waals surface area (Å²) in [5.74, 6) is 0.692. The van der Waals surface area contributed by atoms with Crippen LogP contribution in [-0.4, -0.2) is 11.4 Å². The number of hydrogen-bond acceptors (Lipinski definition) is 3. The van der Waals surface area contributed by atoms with Crippen molar-refractivity contribution >= 4 is 5.69 Å². The molecule has 0 aliphatic heterocycles. The van der Waals surface area contributed by atoms with Crippen molar-refractivity contribution in [3.05, 3.63) is 71.3 Å². The number of aliphatic hydroxyl groups excluding tert-OH is 1. The minimum Gasteiger partial charge on any atom is -0.461 e. The lowest BCUT2D eigenvalue weighted by molar-refractivity contribution is 0.0246. The number of aliphatic hydroxyl groups is 1. The van der Waals surface area contributed by atoms with Gasteiger partial charge in [0.15, 0.2) is 0 Å². The van der Waals surface area contributed by atoms with Crippen molar-refractivity contribution < 1.29 is 9.84 Å². The minimum atomic E-state index is -0.947. The Morgan fingerprint density at radius 2 is 1.44 bits per heavy atom. The predicted molar refractivity (Wildman–Crippen MR) is 137 cm³/mol. The molecule has 0 heterocycles. The van der Waals surface area contributed by atoms with E-state index < -0.39 is 6.29 Å². The van der Waals surface area contributed by atoms with E-state index in [1.165, 1.54) is 69.8 Å². The molecule has 0 bridgehead atoms. The monoisotopic (exact) mass is 437 g/mol. The van der Waals surface area contributed by atoms with E-state index in [2.05, 4.69) is 25.1 Å². The zero-order valence-electron chi connectivity index (χ0n) is 20.2. The number of aryl methyl sites for hydroxylation is 2. The first-order chi connectivity index (χ1) is 15.6. The largest absolute Gasteiger partial charge is 0.461 e. The molecule has 0 fully saturated rings. The zero-order chi connectivity index (χ0) is 23.0. The van der Waals surface area contributed by atoms with Gasteiger partial charge in [0.2, 0.25) is 6.29 Å². The van der Waals surface area contributed by atoms with E-state index in [0.29, 0.717) is 5.75 Å². The molecular formula is C29H43NO2. The maximum absolute atomic E-state index is 10.1. The van der Waals surface area contributed by atoms with Crippen molar-refractivity contribution in [1.29, 1.82) is 0 Å². The van der Waals surface area contributed by atoms with Crippen molar-refractivity contribution in [2.45, 2.75) is 97.2 Å². The molecule has 1 atom stereocenters. The molecule has 1 unspecified atom stereocenters. The predicted octanol–water partition coefficient (Wildman–Crippen LogP) is 7.54. The van der Waals surface area contributed by atoms with E-state index in [-0.39, 0.29) is 0 Å². The smallest absolute Gasteiger partial charge is 0.217 e. The summed E-state index contributed by atoms with van der Waals surface area (Å²) in [6.07, 6.45) is 18.1. The first-order valence-electron chi connectivity index (χ1n) is 12.5. The molecule has 3 N–H and O–H groups in total. The molecule has 0 spiro atoms. The first kappa shape index (κ1) is 26.0. The normalized spacial score (nSPS) is 12.3. The third-order valence-electron chi connectivity index (χ3n) is 5.99. The van der Waals surface area contributed by atoms with Crippen molar-refractivity contribution in [1.82, 2.24) is 0 Å². The summed E-state index contributed by atoms with van der Waals surface area (Å²) in [4.78, 5) is 0. The summed E-state index contributed by atoms with van der Waals surface area (Å²) in [5, 5.41) is 10.1. The fraction of sp³-hybridized carbons (Fsp3) is 0.517. The molecule has 0 aliphatic rings. The number of ether oxygens (including phenoxy) is 1. The second kappa shape index (κ2) is 15.5. The van der Waals surface area contributed by atoms with Gasteiger partial charge in [-0.2, -0.15) is 0 Å². The summed E-state index contributed by atoms with van der Waals surface area (Å²) in [7, 11) is 0. The van der Waals surface area contributed by atoms with Crippen molar-refractivity contribution in [2.24, 2.45) is 0 Å². The van der Waals surface area contributed by atoms with Gasteiger partial charge in [-0.05, 0) is 67.2 Å². The number of allylic oxidation sites excluding steroid dienone is 1. The molecule has 0 radical (unpaired) electrons. The number of unbranched alkanes of at least 4 members (excludes halogenated alkanes) is 9. The molecule has 0 aromatic heterocycles. The van der Waals surface area contributed by atoms with Crippen LogP contribution in [0.5, 0.6) is 5.75 Å². The van der Waals surface area contributed by atoms with E-state index in [1.807, 2.05) is 37.3 Å². The third-order valence-corrected chi connectivity index (χ3v) is 5.99. The molecule has 0 saturated carbocycles. The second-order valence-electron chi connectivity index (χ2n) is 8.91. The number of benzene rings is 2. The van der Waals surface area contributed by atoms with Gasteiger partial charge in [-0.3, -0.25) is 0 Å². The van der Waals surface area contributed by atoms with E-state index in [4.69, 9.17) is 10.5 Å². The van der Waals surface area contributed by atoms with Crippen LogP contribution in [-0.2, 0) is 12.8 Å². The Morgan fingerprint density at radius 1 is 0.844 bits per heavy atom. The maximum Gasteiger partial charge on any atom is 0.217 e. The Balaban J connectivity index is 1.59.